The first-order valence-corrected chi connectivity index (χ1v) is 15.6. The van der Waals surface area contributed by atoms with E-state index in [4.69, 9.17) is 10.5 Å². The van der Waals surface area contributed by atoms with Crippen molar-refractivity contribution in [1.29, 1.82) is 0 Å². The van der Waals surface area contributed by atoms with Crippen LogP contribution in [0.2, 0.25) is 0 Å². The van der Waals surface area contributed by atoms with E-state index in [0.717, 1.165) is 60.3 Å². The molecule has 3 aliphatic rings. The molecule has 2 saturated heterocycles. The van der Waals surface area contributed by atoms with E-state index in [1.54, 1.807) is 10.5 Å². The molecular weight excluding hydrogens is 530 g/mol. The molecule has 12 nitrogen and oxygen atoms in total. The van der Waals surface area contributed by atoms with Gasteiger partial charge in [-0.05, 0) is 43.4 Å². The lowest BCUT2D eigenvalue weighted by molar-refractivity contribution is 0.0662. The molecule has 0 radical (unpaired) electrons. The highest BCUT2D eigenvalue weighted by Gasteiger charge is 2.42. The minimum absolute atomic E-state index is 0.206. The molecule has 1 aromatic carbocycles. The molecule has 210 valence electrons. The molecule has 0 bridgehead atoms. The van der Waals surface area contributed by atoms with Gasteiger partial charge < -0.3 is 10.5 Å². The van der Waals surface area contributed by atoms with Gasteiger partial charge in [0.1, 0.15) is 11.8 Å². The molecule has 13 heteroatoms. The summed E-state index contributed by atoms with van der Waals surface area (Å²) in [7, 11) is -3.14. The Bertz CT molecular complexity index is 1650. The second-order valence-electron chi connectivity index (χ2n) is 11.1. The van der Waals surface area contributed by atoms with Gasteiger partial charge in [-0.2, -0.15) is 9.40 Å². The van der Waals surface area contributed by atoms with Crippen LogP contribution in [0.3, 0.4) is 0 Å². The van der Waals surface area contributed by atoms with E-state index in [0.29, 0.717) is 38.2 Å². The molecule has 40 heavy (non-hydrogen) atoms. The highest BCUT2D eigenvalue weighted by atomic mass is 32.2. The van der Waals surface area contributed by atoms with Crippen molar-refractivity contribution in [3.63, 3.8) is 0 Å². The van der Waals surface area contributed by atoms with Gasteiger partial charge in [0.05, 0.1) is 29.9 Å². The minimum atomic E-state index is -3.14. The van der Waals surface area contributed by atoms with E-state index in [9.17, 15) is 8.42 Å². The fraction of sp³-hybridized carbons (Fsp3) is 0.481. The Kier molecular flexibility index (Phi) is 6.33. The van der Waals surface area contributed by atoms with Gasteiger partial charge in [0.15, 0.2) is 5.82 Å². The Morgan fingerprint density at radius 2 is 1.88 bits per heavy atom. The Labute approximate surface area is 232 Å². The van der Waals surface area contributed by atoms with Crippen LogP contribution in [0.1, 0.15) is 37.3 Å². The van der Waals surface area contributed by atoms with E-state index in [2.05, 4.69) is 55.6 Å². The van der Waals surface area contributed by atoms with Crippen LogP contribution in [-0.2, 0) is 21.3 Å². The van der Waals surface area contributed by atoms with Crippen molar-refractivity contribution in [3.8, 4) is 22.5 Å². The number of nitrogen functional groups attached to an aromatic ring is 1. The van der Waals surface area contributed by atoms with Gasteiger partial charge in [0.25, 0.3) is 0 Å². The second kappa shape index (κ2) is 9.91. The molecule has 7 rings (SSSR count). The lowest BCUT2D eigenvalue weighted by Gasteiger charge is -2.44. The van der Waals surface area contributed by atoms with Crippen molar-refractivity contribution in [2.24, 2.45) is 0 Å². The van der Waals surface area contributed by atoms with Crippen molar-refractivity contribution >= 4 is 21.4 Å². The summed E-state index contributed by atoms with van der Waals surface area (Å²) in [6, 6.07) is 11.5. The molecule has 1 saturated carbocycles. The monoisotopic (exact) mass is 563 g/mol. The third kappa shape index (κ3) is 4.66. The summed E-state index contributed by atoms with van der Waals surface area (Å²) < 4.78 is 34.8. The summed E-state index contributed by atoms with van der Waals surface area (Å²) in [5.41, 5.74) is 12.0. The predicted molar refractivity (Wildman–Crippen MR) is 150 cm³/mol. The highest BCUT2D eigenvalue weighted by molar-refractivity contribution is 7.88. The topological polar surface area (TPSA) is 137 Å². The maximum Gasteiger partial charge on any atom is 0.211 e. The second-order valence-corrected chi connectivity index (χ2v) is 13.1. The van der Waals surface area contributed by atoms with E-state index >= 15 is 0 Å². The Hall–Kier alpha value is -3.39. The zero-order valence-corrected chi connectivity index (χ0v) is 23.2. The van der Waals surface area contributed by atoms with Crippen LogP contribution < -0.4 is 5.73 Å². The standard InChI is InChI=1S/C27H33N9O3S/c1-40(37,38)33-15-22(16-33)34(20-5-6-20)14-18-3-2-4-19(11-18)24-12-23(26-27(28)29-17-31-36(24)26)25-13-30-32-35(25)21-7-9-39-10-8-21/h2-4,11-13,17,20-22H,5-10,14-16H2,1H3,(H2,28,29,31). The van der Waals surface area contributed by atoms with Gasteiger partial charge in [0, 0.05) is 56.1 Å². The number of hydrogen-bond acceptors (Lipinski definition) is 9. The number of hydrogen-bond donors (Lipinski definition) is 1. The summed E-state index contributed by atoms with van der Waals surface area (Å²) >= 11 is 0. The minimum Gasteiger partial charge on any atom is -0.382 e. The van der Waals surface area contributed by atoms with Gasteiger partial charge in [-0.3, -0.25) is 4.90 Å². The van der Waals surface area contributed by atoms with Gasteiger partial charge >= 0.3 is 0 Å². The van der Waals surface area contributed by atoms with Crippen LogP contribution in [0.4, 0.5) is 5.82 Å². The fourth-order valence-electron chi connectivity index (χ4n) is 6.00. The van der Waals surface area contributed by atoms with Crippen molar-refractivity contribution in [1.82, 2.24) is 38.8 Å². The summed E-state index contributed by atoms with van der Waals surface area (Å²) in [5.74, 6) is 0.396. The van der Waals surface area contributed by atoms with E-state index in [-0.39, 0.29) is 12.1 Å². The highest BCUT2D eigenvalue weighted by Crippen LogP contribution is 2.37. The molecular formula is C27H33N9O3S. The number of benzene rings is 1. The number of ether oxygens (including phenoxy) is 1. The number of nitrogens with zero attached hydrogens (tertiary/aromatic N) is 8. The smallest absolute Gasteiger partial charge is 0.211 e. The maximum atomic E-state index is 11.9. The molecule has 0 unspecified atom stereocenters. The first kappa shape index (κ1) is 25.6. The quantitative estimate of drug-likeness (QED) is 0.342. The normalized spacial score (nSPS) is 19.4. The Morgan fingerprint density at radius 1 is 1.07 bits per heavy atom. The molecule has 5 heterocycles. The number of rotatable bonds is 8. The van der Waals surface area contributed by atoms with Crippen LogP contribution in [-0.4, -0.2) is 91.9 Å². The zero-order chi connectivity index (χ0) is 27.4. The number of nitrogens with two attached hydrogens (primary N) is 1. The first-order valence-electron chi connectivity index (χ1n) is 13.8. The molecule has 1 aliphatic carbocycles. The fourth-order valence-corrected chi connectivity index (χ4v) is 6.89. The van der Waals surface area contributed by atoms with Crippen molar-refractivity contribution in [2.45, 2.75) is 50.4 Å². The van der Waals surface area contributed by atoms with Crippen LogP contribution >= 0.6 is 0 Å². The van der Waals surface area contributed by atoms with Crippen molar-refractivity contribution in [3.05, 3.63) is 48.4 Å². The largest absolute Gasteiger partial charge is 0.382 e. The molecule has 2 aliphatic heterocycles. The molecule has 0 atom stereocenters. The van der Waals surface area contributed by atoms with E-state index in [1.807, 2.05) is 9.20 Å². The van der Waals surface area contributed by atoms with Crippen LogP contribution in [0.5, 0.6) is 0 Å². The Morgan fingerprint density at radius 3 is 2.62 bits per heavy atom. The predicted octanol–water partition coefficient (Wildman–Crippen LogP) is 2.20. The lowest BCUT2D eigenvalue weighted by atomic mass is 10.0. The van der Waals surface area contributed by atoms with Crippen LogP contribution in [0, 0.1) is 0 Å². The van der Waals surface area contributed by atoms with Crippen molar-refractivity contribution in [2.75, 3.05) is 38.3 Å². The molecule has 3 aromatic heterocycles. The third-order valence-electron chi connectivity index (χ3n) is 8.34. The first-order chi connectivity index (χ1) is 19.4. The average molecular weight is 564 g/mol. The molecule has 0 spiro atoms. The van der Waals surface area contributed by atoms with Gasteiger partial charge in [-0.1, -0.05) is 23.4 Å². The van der Waals surface area contributed by atoms with E-state index < -0.39 is 10.0 Å². The maximum absolute atomic E-state index is 11.9. The molecule has 3 fully saturated rings. The zero-order valence-electron chi connectivity index (χ0n) is 22.4. The van der Waals surface area contributed by atoms with Gasteiger partial charge in [0.2, 0.25) is 10.0 Å². The van der Waals surface area contributed by atoms with Crippen LogP contribution in [0.15, 0.2) is 42.9 Å². The number of fused-ring (bicyclic) bond motifs is 1. The number of anilines is 1. The number of aromatic nitrogens is 6. The molecule has 0 amide bonds. The average Bonchev–Trinajstić information content (AvgIpc) is 3.50. The summed E-state index contributed by atoms with van der Waals surface area (Å²) in [4.78, 5) is 6.76. The Balaban J connectivity index is 1.22. The lowest BCUT2D eigenvalue weighted by Crippen LogP contribution is -2.60. The van der Waals surface area contributed by atoms with Crippen molar-refractivity contribution < 1.29 is 13.2 Å². The SMILES string of the molecule is CS(=O)(=O)N1CC(N(Cc2cccc(-c3cc(-c4cnnn4C4CCOCC4)c4c(N)ncnn34)c2)C2CC2)C1. The van der Waals surface area contributed by atoms with Gasteiger partial charge in [-0.25, -0.2) is 22.6 Å². The summed E-state index contributed by atoms with van der Waals surface area (Å²) in [6.07, 6.45) is 8.62. The summed E-state index contributed by atoms with van der Waals surface area (Å²) in [5, 5.41) is 13.3. The van der Waals surface area contributed by atoms with Gasteiger partial charge in [-0.15, -0.1) is 5.10 Å². The summed E-state index contributed by atoms with van der Waals surface area (Å²) in [6.45, 7) is 3.30. The number of sulfonamides is 1. The van der Waals surface area contributed by atoms with Crippen LogP contribution in [0.25, 0.3) is 28.0 Å². The molecule has 2 N–H and O–H groups in total. The van der Waals surface area contributed by atoms with E-state index in [1.165, 1.54) is 18.1 Å². The third-order valence-corrected chi connectivity index (χ3v) is 9.58. The molecule has 4 aromatic rings.